The molecule has 1 saturated carbocycles. The summed E-state index contributed by atoms with van der Waals surface area (Å²) in [4.78, 5) is 11.9. The number of nitrogens with one attached hydrogen (secondary N) is 2. The number of amides is 2. The first-order valence-corrected chi connectivity index (χ1v) is 7.96. The molecule has 0 aromatic heterocycles. The zero-order chi connectivity index (χ0) is 14.4. The molecule has 0 spiro atoms. The predicted octanol–water partition coefficient (Wildman–Crippen LogP) is 1.80. The summed E-state index contributed by atoms with van der Waals surface area (Å²) >= 11 is 0. The van der Waals surface area contributed by atoms with Gasteiger partial charge in [-0.05, 0) is 18.8 Å². The number of aliphatic hydroxyl groups is 1. The van der Waals surface area contributed by atoms with Gasteiger partial charge in [0.15, 0.2) is 0 Å². The summed E-state index contributed by atoms with van der Waals surface area (Å²) in [6.07, 6.45) is 7.02. The molecule has 0 radical (unpaired) electrons. The molecule has 0 bridgehead atoms. The van der Waals surface area contributed by atoms with E-state index in [0.717, 1.165) is 18.8 Å². The Kier molecular flexibility index (Phi) is 5.66. The van der Waals surface area contributed by atoms with Crippen LogP contribution in [0.15, 0.2) is 0 Å². The smallest absolute Gasteiger partial charge is 0.315 e. The third-order valence-corrected chi connectivity index (χ3v) is 4.70. The second-order valence-electron chi connectivity index (χ2n) is 6.30. The molecule has 5 heteroatoms. The fourth-order valence-corrected chi connectivity index (χ4v) is 3.20. The van der Waals surface area contributed by atoms with Crippen LogP contribution < -0.4 is 10.6 Å². The maximum absolute atomic E-state index is 11.9. The highest BCUT2D eigenvalue weighted by Gasteiger charge is 2.30. The topological polar surface area (TPSA) is 70.6 Å². The van der Waals surface area contributed by atoms with Crippen LogP contribution in [0, 0.1) is 5.92 Å². The summed E-state index contributed by atoms with van der Waals surface area (Å²) in [5.74, 6) is 0.744. The van der Waals surface area contributed by atoms with Crippen LogP contribution in [-0.2, 0) is 4.74 Å². The molecule has 20 heavy (non-hydrogen) atoms. The van der Waals surface area contributed by atoms with Crippen LogP contribution in [0.4, 0.5) is 4.79 Å². The molecular formula is C15H28N2O3. The van der Waals surface area contributed by atoms with Gasteiger partial charge < -0.3 is 20.5 Å². The van der Waals surface area contributed by atoms with Gasteiger partial charge >= 0.3 is 6.03 Å². The largest absolute Gasteiger partial charge is 0.388 e. The van der Waals surface area contributed by atoms with Crippen LogP contribution in [0.2, 0.25) is 0 Å². The molecule has 1 aliphatic carbocycles. The maximum Gasteiger partial charge on any atom is 0.315 e. The van der Waals surface area contributed by atoms with E-state index in [1.165, 1.54) is 19.3 Å². The average molecular weight is 284 g/mol. The van der Waals surface area contributed by atoms with Crippen molar-refractivity contribution in [1.29, 1.82) is 0 Å². The molecule has 0 aromatic carbocycles. The lowest BCUT2D eigenvalue weighted by Crippen LogP contribution is -2.51. The van der Waals surface area contributed by atoms with Crippen molar-refractivity contribution >= 4 is 6.03 Å². The van der Waals surface area contributed by atoms with Crippen LogP contribution in [0.5, 0.6) is 0 Å². The number of rotatable bonds is 4. The summed E-state index contributed by atoms with van der Waals surface area (Å²) in [6, 6.07) is 0.143. The molecule has 5 nitrogen and oxygen atoms in total. The quantitative estimate of drug-likeness (QED) is 0.737. The van der Waals surface area contributed by atoms with E-state index in [-0.39, 0.29) is 12.1 Å². The minimum Gasteiger partial charge on any atom is -0.388 e. The normalized spacial score (nSPS) is 29.7. The third-order valence-electron chi connectivity index (χ3n) is 4.70. The van der Waals surface area contributed by atoms with Crippen molar-refractivity contribution in [2.75, 3.05) is 19.8 Å². The van der Waals surface area contributed by atoms with Crippen LogP contribution >= 0.6 is 0 Å². The molecule has 1 saturated heterocycles. The Morgan fingerprint density at radius 2 is 2.10 bits per heavy atom. The lowest BCUT2D eigenvalue weighted by atomic mass is 9.84. The van der Waals surface area contributed by atoms with Crippen molar-refractivity contribution in [3.05, 3.63) is 0 Å². The van der Waals surface area contributed by atoms with Crippen molar-refractivity contribution in [2.24, 2.45) is 5.92 Å². The first kappa shape index (κ1) is 15.6. The van der Waals surface area contributed by atoms with E-state index in [1.807, 2.05) is 0 Å². The van der Waals surface area contributed by atoms with E-state index in [4.69, 9.17) is 4.74 Å². The van der Waals surface area contributed by atoms with Crippen LogP contribution in [0.25, 0.3) is 0 Å². The summed E-state index contributed by atoms with van der Waals surface area (Å²) in [7, 11) is 0. The van der Waals surface area contributed by atoms with Gasteiger partial charge in [0.25, 0.3) is 0 Å². The van der Waals surface area contributed by atoms with E-state index in [1.54, 1.807) is 0 Å². The lowest BCUT2D eigenvalue weighted by Gasteiger charge is -2.33. The van der Waals surface area contributed by atoms with Crippen molar-refractivity contribution in [3.8, 4) is 0 Å². The Morgan fingerprint density at radius 1 is 1.35 bits per heavy atom. The Hall–Kier alpha value is -0.810. The van der Waals surface area contributed by atoms with E-state index in [9.17, 15) is 9.90 Å². The molecule has 1 aliphatic heterocycles. The van der Waals surface area contributed by atoms with Gasteiger partial charge in [-0.15, -0.1) is 0 Å². The number of carbonyl (C=O) groups excluding carboxylic acids is 1. The zero-order valence-electron chi connectivity index (χ0n) is 12.5. The van der Waals surface area contributed by atoms with E-state index in [0.29, 0.717) is 32.6 Å². The molecule has 0 aromatic rings. The fourth-order valence-electron chi connectivity index (χ4n) is 3.20. The maximum atomic E-state index is 11.9. The predicted molar refractivity (Wildman–Crippen MR) is 77.6 cm³/mol. The molecule has 2 atom stereocenters. The molecular weight excluding hydrogens is 256 g/mol. The molecule has 2 amide bonds. The molecule has 116 valence electrons. The van der Waals surface area contributed by atoms with Gasteiger partial charge in [0.2, 0.25) is 0 Å². The molecule has 2 fully saturated rings. The van der Waals surface area contributed by atoms with Crippen LogP contribution in [-0.4, -0.2) is 42.5 Å². The van der Waals surface area contributed by atoms with Crippen molar-refractivity contribution < 1.29 is 14.6 Å². The number of hydrogen-bond donors (Lipinski definition) is 3. The molecule has 3 N–H and O–H groups in total. The van der Waals surface area contributed by atoms with Gasteiger partial charge in [0, 0.05) is 38.6 Å². The van der Waals surface area contributed by atoms with Gasteiger partial charge in [-0.25, -0.2) is 4.79 Å². The van der Waals surface area contributed by atoms with Crippen molar-refractivity contribution in [3.63, 3.8) is 0 Å². The van der Waals surface area contributed by atoms with E-state index >= 15 is 0 Å². The van der Waals surface area contributed by atoms with E-state index in [2.05, 4.69) is 17.6 Å². The summed E-state index contributed by atoms with van der Waals surface area (Å²) in [5, 5.41) is 16.1. The molecule has 2 rings (SSSR count). The SMILES string of the molecule is CCC1CCCC(NC(=O)NCC2(O)CCOCC2)C1. The van der Waals surface area contributed by atoms with Crippen LogP contribution in [0.1, 0.15) is 51.9 Å². The summed E-state index contributed by atoms with van der Waals surface area (Å²) in [5.41, 5.74) is -0.798. The molecule has 2 aliphatic rings. The number of carbonyl (C=O) groups is 1. The Bertz CT molecular complexity index is 316. The summed E-state index contributed by atoms with van der Waals surface area (Å²) < 4.78 is 5.23. The third kappa shape index (κ3) is 4.63. The highest BCUT2D eigenvalue weighted by Crippen LogP contribution is 2.26. The van der Waals surface area contributed by atoms with Crippen molar-refractivity contribution in [2.45, 2.75) is 63.5 Å². The highest BCUT2D eigenvalue weighted by molar-refractivity contribution is 5.74. The molecule has 1 heterocycles. The fraction of sp³-hybridized carbons (Fsp3) is 0.933. The number of ether oxygens (including phenoxy) is 1. The first-order chi connectivity index (χ1) is 9.61. The van der Waals surface area contributed by atoms with Gasteiger partial charge in [0.1, 0.15) is 0 Å². The summed E-state index contributed by atoms with van der Waals surface area (Å²) in [6.45, 7) is 3.67. The lowest BCUT2D eigenvalue weighted by molar-refractivity contribution is -0.0600. The second kappa shape index (κ2) is 7.27. The van der Waals surface area contributed by atoms with Crippen molar-refractivity contribution in [1.82, 2.24) is 10.6 Å². The number of urea groups is 1. The zero-order valence-corrected chi connectivity index (χ0v) is 12.5. The first-order valence-electron chi connectivity index (χ1n) is 7.96. The van der Waals surface area contributed by atoms with Gasteiger partial charge in [-0.1, -0.05) is 26.2 Å². The minimum absolute atomic E-state index is 0.147. The van der Waals surface area contributed by atoms with E-state index < -0.39 is 5.60 Å². The number of hydrogen-bond acceptors (Lipinski definition) is 3. The van der Waals surface area contributed by atoms with Gasteiger partial charge in [-0.3, -0.25) is 0 Å². The van der Waals surface area contributed by atoms with Gasteiger partial charge in [-0.2, -0.15) is 0 Å². The Balaban J connectivity index is 1.69. The standard InChI is InChI=1S/C15H28N2O3/c1-2-12-4-3-5-13(10-12)17-14(18)16-11-15(19)6-8-20-9-7-15/h12-13,19H,2-11H2,1H3,(H2,16,17,18). The second-order valence-corrected chi connectivity index (χ2v) is 6.30. The average Bonchev–Trinajstić information content (AvgIpc) is 2.46. The molecule has 2 unspecified atom stereocenters. The minimum atomic E-state index is -0.798. The van der Waals surface area contributed by atoms with Gasteiger partial charge in [0.05, 0.1) is 5.60 Å². The monoisotopic (exact) mass is 284 g/mol. The highest BCUT2D eigenvalue weighted by atomic mass is 16.5. The Labute approximate surface area is 121 Å². The van der Waals surface area contributed by atoms with Crippen LogP contribution in [0.3, 0.4) is 0 Å². The Morgan fingerprint density at radius 3 is 2.80 bits per heavy atom.